The van der Waals surface area contributed by atoms with Gasteiger partial charge in [0.25, 0.3) is 0 Å². The van der Waals surface area contributed by atoms with Gasteiger partial charge in [-0.25, -0.2) is 4.99 Å². The molecule has 0 bridgehead atoms. The summed E-state index contributed by atoms with van der Waals surface area (Å²) in [6.45, 7) is 9.92. The van der Waals surface area contributed by atoms with E-state index in [1.54, 1.807) is 10.9 Å². The molecule has 4 rings (SSSR count). The molecule has 8 nitrogen and oxygen atoms in total. The Morgan fingerprint density at radius 3 is 2.42 bits per heavy atom. The fourth-order valence-corrected chi connectivity index (χ4v) is 4.09. The van der Waals surface area contributed by atoms with E-state index < -0.39 is 36.1 Å². The smallest absolute Gasteiger partial charge is 0.399 e. The predicted molar refractivity (Wildman–Crippen MR) is 117 cm³/mol. The Labute approximate surface area is 191 Å². The van der Waals surface area contributed by atoms with Crippen LogP contribution in [0.15, 0.2) is 29.4 Å². The highest BCUT2D eigenvalue weighted by Crippen LogP contribution is 2.38. The number of hydrogen-bond acceptors (Lipinski definition) is 7. The highest BCUT2D eigenvalue weighted by molar-refractivity contribution is 6.62. The highest BCUT2D eigenvalue weighted by atomic mass is 19.4. The van der Waals surface area contributed by atoms with Gasteiger partial charge in [-0.1, -0.05) is 0 Å². The molecule has 0 radical (unpaired) electrons. The maximum absolute atomic E-state index is 13.1. The van der Waals surface area contributed by atoms with Crippen LogP contribution < -0.4 is 5.46 Å². The average Bonchev–Trinajstić information content (AvgIpc) is 3.26. The van der Waals surface area contributed by atoms with Crippen LogP contribution in [0.4, 0.5) is 13.2 Å². The third kappa shape index (κ3) is 4.12. The monoisotopic (exact) mass is 464 g/mol. The number of nitrogens with zero attached hydrogens (tertiary/aromatic N) is 6. The minimum absolute atomic E-state index is 0.0952. The minimum Gasteiger partial charge on any atom is -0.399 e. The summed E-state index contributed by atoms with van der Waals surface area (Å²) in [5.74, 6) is 0.448. The van der Waals surface area contributed by atoms with Crippen molar-refractivity contribution in [2.75, 3.05) is 19.6 Å². The van der Waals surface area contributed by atoms with Crippen molar-refractivity contribution < 1.29 is 22.5 Å². The van der Waals surface area contributed by atoms with Crippen molar-refractivity contribution in [1.82, 2.24) is 19.6 Å². The van der Waals surface area contributed by atoms with Crippen molar-refractivity contribution in [3.63, 3.8) is 0 Å². The standard InChI is InChI=1S/C21H28BF3N6O2/c1-15(21(23,24)25)29-9-8-27-17(12-29)30-13-20(14-30,6-7-26)31-11-16(10-28-31)22-32-18(2,3)19(4,5)33-22/h8,10-12,15H,6,9,13-14H2,1-5H3/t15-/m0/s1. The summed E-state index contributed by atoms with van der Waals surface area (Å²) in [5.41, 5.74) is -0.820. The van der Waals surface area contributed by atoms with Crippen LogP contribution in [0.5, 0.6) is 0 Å². The fourth-order valence-electron chi connectivity index (χ4n) is 4.09. The number of aliphatic imine (C=N–C) groups is 1. The Kier molecular flexibility index (Phi) is 5.57. The van der Waals surface area contributed by atoms with Gasteiger partial charge < -0.3 is 19.1 Å². The third-order valence-corrected chi connectivity index (χ3v) is 7.08. The molecule has 1 aromatic heterocycles. The summed E-state index contributed by atoms with van der Waals surface area (Å²) in [5, 5.41) is 13.9. The van der Waals surface area contributed by atoms with Gasteiger partial charge in [0.2, 0.25) is 0 Å². The van der Waals surface area contributed by atoms with Gasteiger partial charge in [0, 0.05) is 43.4 Å². The maximum atomic E-state index is 13.1. The zero-order valence-corrected chi connectivity index (χ0v) is 19.4. The van der Waals surface area contributed by atoms with E-state index in [-0.39, 0.29) is 13.0 Å². The normalized spacial score (nSPS) is 24.3. The second-order valence-electron chi connectivity index (χ2n) is 9.94. The molecular weight excluding hydrogens is 436 g/mol. The van der Waals surface area contributed by atoms with Crippen LogP contribution in [0.3, 0.4) is 0 Å². The van der Waals surface area contributed by atoms with Crippen LogP contribution in [0.25, 0.3) is 0 Å². The SMILES string of the molecule is C[C@H](N1C=C(N2CC(CC#N)(n3cc(B4OC(C)(C)C(C)(C)O4)cn3)C2)N=CC1)C(F)(F)F. The summed E-state index contributed by atoms with van der Waals surface area (Å²) in [6, 6.07) is 0.604. The molecule has 0 unspecified atom stereocenters. The molecule has 0 N–H and O–H groups in total. The van der Waals surface area contributed by atoms with Gasteiger partial charge in [-0.2, -0.15) is 23.5 Å². The van der Waals surface area contributed by atoms with E-state index in [9.17, 15) is 18.4 Å². The molecule has 3 aliphatic rings. The van der Waals surface area contributed by atoms with Crippen molar-refractivity contribution in [3.8, 4) is 6.07 Å². The van der Waals surface area contributed by atoms with Crippen LogP contribution in [-0.4, -0.2) is 76.0 Å². The molecule has 33 heavy (non-hydrogen) atoms. The summed E-state index contributed by atoms with van der Waals surface area (Å²) >= 11 is 0. The molecule has 12 heteroatoms. The molecule has 2 fully saturated rings. The Morgan fingerprint density at radius 1 is 1.21 bits per heavy atom. The number of nitriles is 1. The number of halogens is 3. The summed E-state index contributed by atoms with van der Waals surface area (Å²) in [4.78, 5) is 7.37. The van der Waals surface area contributed by atoms with E-state index in [0.717, 1.165) is 12.4 Å². The molecular formula is C21H28BF3N6O2. The number of aromatic nitrogens is 2. The second kappa shape index (κ2) is 7.77. The zero-order valence-electron chi connectivity index (χ0n) is 19.4. The van der Waals surface area contributed by atoms with Gasteiger partial charge in [-0.3, -0.25) is 4.68 Å². The first-order valence-corrected chi connectivity index (χ1v) is 10.9. The average molecular weight is 464 g/mol. The van der Waals surface area contributed by atoms with Crippen LogP contribution in [0.2, 0.25) is 0 Å². The quantitative estimate of drug-likeness (QED) is 0.623. The van der Waals surface area contributed by atoms with Crippen molar-refractivity contribution in [3.05, 3.63) is 24.4 Å². The molecule has 2 saturated heterocycles. The van der Waals surface area contributed by atoms with Crippen LogP contribution in [0.1, 0.15) is 41.0 Å². The number of alkyl halides is 3. The van der Waals surface area contributed by atoms with Gasteiger partial charge >= 0.3 is 13.3 Å². The lowest BCUT2D eigenvalue weighted by molar-refractivity contribution is -0.170. The Morgan fingerprint density at radius 2 is 1.85 bits per heavy atom. The van der Waals surface area contributed by atoms with Gasteiger partial charge in [-0.05, 0) is 34.6 Å². The number of likely N-dealkylation sites (tertiary alicyclic amines) is 1. The van der Waals surface area contributed by atoms with E-state index in [2.05, 4.69) is 16.2 Å². The largest absolute Gasteiger partial charge is 0.498 e. The van der Waals surface area contributed by atoms with Crippen LogP contribution in [0, 0.1) is 11.3 Å². The van der Waals surface area contributed by atoms with Gasteiger partial charge in [0.1, 0.15) is 17.4 Å². The van der Waals surface area contributed by atoms with E-state index >= 15 is 0 Å². The number of hydrogen-bond donors (Lipinski definition) is 0. The Hall–Kier alpha value is -2.52. The fraction of sp³-hybridized carbons (Fsp3) is 0.667. The van der Waals surface area contributed by atoms with Crippen LogP contribution >= 0.6 is 0 Å². The summed E-state index contributed by atoms with van der Waals surface area (Å²) < 4.78 is 53.3. The molecule has 1 aromatic rings. The van der Waals surface area contributed by atoms with Crippen LogP contribution in [-0.2, 0) is 14.8 Å². The lowest BCUT2D eigenvalue weighted by atomic mass is 9.81. The molecule has 0 aromatic carbocycles. The first-order chi connectivity index (χ1) is 15.3. The van der Waals surface area contributed by atoms with Crippen molar-refractivity contribution >= 4 is 18.8 Å². The number of rotatable bonds is 5. The molecule has 0 amide bonds. The lowest BCUT2D eigenvalue weighted by Crippen LogP contribution is -2.62. The van der Waals surface area contributed by atoms with E-state index in [4.69, 9.17) is 9.31 Å². The third-order valence-electron chi connectivity index (χ3n) is 7.08. The van der Waals surface area contributed by atoms with Crippen molar-refractivity contribution in [2.24, 2.45) is 4.99 Å². The minimum atomic E-state index is -4.33. The summed E-state index contributed by atoms with van der Waals surface area (Å²) in [6.07, 6.45) is 2.29. The maximum Gasteiger partial charge on any atom is 0.498 e. The van der Waals surface area contributed by atoms with E-state index in [1.807, 2.05) is 38.8 Å². The van der Waals surface area contributed by atoms with Gasteiger partial charge in [-0.15, -0.1) is 0 Å². The van der Waals surface area contributed by atoms with Crippen molar-refractivity contribution in [1.29, 1.82) is 5.26 Å². The second-order valence-corrected chi connectivity index (χ2v) is 9.94. The zero-order chi connectivity index (χ0) is 24.2. The predicted octanol–water partition coefficient (Wildman–Crippen LogP) is 2.24. The Bertz CT molecular complexity index is 990. The highest BCUT2D eigenvalue weighted by Gasteiger charge is 2.53. The molecule has 4 heterocycles. The molecule has 0 spiro atoms. The lowest BCUT2D eigenvalue weighted by Gasteiger charge is -2.50. The first-order valence-electron chi connectivity index (χ1n) is 10.9. The molecule has 3 aliphatic heterocycles. The molecule has 0 aliphatic carbocycles. The molecule has 178 valence electrons. The Balaban J connectivity index is 1.50. The van der Waals surface area contributed by atoms with E-state index in [1.165, 1.54) is 17.3 Å². The summed E-state index contributed by atoms with van der Waals surface area (Å²) in [7, 11) is -0.567. The first kappa shape index (κ1) is 23.6. The van der Waals surface area contributed by atoms with Crippen molar-refractivity contribution in [2.45, 2.75) is 70.0 Å². The molecule has 1 atom stereocenters. The van der Waals surface area contributed by atoms with Gasteiger partial charge in [0.05, 0.1) is 30.2 Å². The topological polar surface area (TPSA) is 78.9 Å². The van der Waals surface area contributed by atoms with Gasteiger partial charge in [0.15, 0.2) is 0 Å². The van der Waals surface area contributed by atoms with E-state index in [0.29, 0.717) is 18.9 Å². The molecule has 0 saturated carbocycles.